The molecule has 1 rings (SSSR count). The third kappa shape index (κ3) is 3.67. The molecule has 1 aromatic heterocycles. The molecule has 0 saturated carbocycles. The summed E-state index contributed by atoms with van der Waals surface area (Å²) in [6.45, 7) is 1.75. The third-order valence-corrected chi connectivity index (χ3v) is 2.48. The highest BCUT2D eigenvalue weighted by molar-refractivity contribution is 7.12. The maximum Gasteiger partial charge on any atom is 0.186 e. The Morgan fingerprint density at radius 3 is 3.15 bits per heavy atom. The van der Waals surface area contributed by atoms with Crippen molar-refractivity contribution in [3.8, 4) is 0 Å². The molecule has 0 unspecified atom stereocenters. The van der Waals surface area contributed by atoms with E-state index in [1.807, 2.05) is 17.5 Å². The molecule has 4 heteroatoms. The second-order valence-electron chi connectivity index (χ2n) is 2.57. The summed E-state index contributed by atoms with van der Waals surface area (Å²) in [7, 11) is 1.64. The van der Waals surface area contributed by atoms with Gasteiger partial charge in [-0.15, -0.1) is 11.3 Å². The van der Waals surface area contributed by atoms with Gasteiger partial charge in [-0.2, -0.15) is 0 Å². The van der Waals surface area contributed by atoms with Gasteiger partial charge in [0, 0.05) is 13.7 Å². The molecule has 1 heterocycles. The van der Waals surface area contributed by atoms with Crippen molar-refractivity contribution in [1.82, 2.24) is 5.32 Å². The Balaban J connectivity index is 2.19. The molecule has 0 aliphatic carbocycles. The average molecular weight is 199 g/mol. The minimum absolute atomic E-state index is 0.145. The molecular weight excluding hydrogens is 186 g/mol. The van der Waals surface area contributed by atoms with Crippen LogP contribution in [-0.4, -0.2) is 32.6 Å². The molecule has 0 radical (unpaired) electrons. The summed E-state index contributed by atoms with van der Waals surface area (Å²) in [5, 5.41) is 4.91. The minimum Gasteiger partial charge on any atom is -0.383 e. The lowest BCUT2D eigenvalue weighted by atomic mass is 10.3. The molecule has 0 aromatic carbocycles. The predicted octanol–water partition coefficient (Wildman–Crippen LogP) is 1.17. The van der Waals surface area contributed by atoms with Crippen LogP contribution in [0.5, 0.6) is 0 Å². The first-order valence-electron chi connectivity index (χ1n) is 4.11. The third-order valence-electron chi connectivity index (χ3n) is 1.56. The summed E-state index contributed by atoms with van der Waals surface area (Å²) in [6.07, 6.45) is 0. The van der Waals surface area contributed by atoms with Crippen LogP contribution in [0, 0.1) is 0 Å². The summed E-state index contributed by atoms with van der Waals surface area (Å²) in [6, 6.07) is 3.72. The second kappa shape index (κ2) is 5.85. The van der Waals surface area contributed by atoms with Gasteiger partial charge in [0.25, 0.3) is 0 Å². The summed E-state index contributed by atoms with van der Waals surface area (Å²) in [5.41, 5.74) is 0. The van der Waals surface area contributed by atoms with Crippen LogP contribution in [0.1, 0.15) is 9.67 Å². The van der Waals surface area contributed by atoms with Crippen molar-refractivity contribution in [3.63, 3.8) is 0 Å². The van der Waals surface area contributed by atoms with E-state index in [0.717, 1.165) is 4.88 Å². The number of hydrogen-bond donors (Lipinski definition) is 1. The van der Waals surface area contributed by atoms with Gasteiger partial charge >= 0.3 is 0 Å². The van der Waals surface area contributed by atoms with E-state index in [1.165, 1.54) is 11.3 Å². The van der Waals surface area contributed by atoms with Gasteiger partial charge in [0.1, 0.15) is 0 Å². The first-order valence-corrected chi connectivity index (χ1v) is 4.99. The fourth-order valence-corrected chi connectivity index (χ4v) is 1.56. The molecule has 72 valence electrons. The number of carbonyl (C=O) groups is 1. The number of nitrogens with one attached hydrogen (secondary N) is 1. The normalized spacial score (nSPS) is 10.2. The van der Waals surface area contributed by atoms with Gasteiger partial charge in [-0.1, -0.05) is 6.07 Å². The van der Waals surface area contributed by atoms with Gasteiger partial charge in [-0.25, -0.2) is 0 Å². The molecule has 0 atom stereocenters. The lowest BCUT2D eigenvalue weighted by Gasteiger charge is -2.01. The van der Waals surface area contributed by atoms with E-state index in [2.05, 4.69) is 5.32 Å². The average Bonchev–Trinajstić information content (AvgIpc) is 2.65. The van der Waals surface area contributed by atoms with E-state index < -0.39 is 0 Å². The van der Waals surface area contributed by atoms with Crippen LogP contribution in [0.25, 0.3) is 0 Å². The summed E-state index contributed by atoms with van der Waals surface area (Å²) in [4.78, 5) is 12.2. The molecule has 0 bridgehead atoms. The van der Waals surface area contributed by atoms with Crippen LogP contribution in [0.3, 0.4) is 0 Å². The van der Waals surface area contributed by atoms with Gasteiger partial charge in [-0.05, 0) is 11.4 Å². The maximum absolute atomic E-state index is 11.4. The van der Waals surface area contributed by atoms with E-state index in [-0.39, 0.29) is 5.78 Å². The lowest BCUT2D eigenvalue weighted by Crippen LogP contribution is -2.25. The van der Waals surface area contributed by atoms with Gasteiger partial charge in [0.05, 0.1) is 18.0 Å². The molecule has 3 nitrogen and oxygen atoms in total. The molecule has 0 aliphatic heterocycles. The van der Waals surface area contributed by atoms with Gasteiger partial charge in [-0.3, -0.25) is 4.79 Å². The van der Waals surface area contributed by atoms with Gasteiger partial charge < -0.3 is 10.1 Å². The van der Waals surface area contributed by atoms with Crippen molar-refractivity contribution in [3.05, 3.63) is 22.4 Å². The summed E-state index contributed by atoms with van der Waals surface area (Å²) in [5.74, 6) is 0.145. The minimum atomic E-state index is 0.145. The number of hydrogen-bond acceptors (Lipinski definition) is 4. The highest BCUT2D eigenvalue weighted by Crippen LogP contribution is 2.08. The largest absolute Gasteiger partial charge is 0.383 e. The summed E-state index contributed by atoms with van der Waals surface area (Å²) >= 11 is 1.47. The van der Waals surface area contributed by atoms with Gasteiger partial charge in [0.2, 0.25) is 0 Å². The van der Waals surface area contributed by atoms with E-state index >= 15 is 0 Å². The Kier molecular flexibility index (Phi) is 4.67. The zero-order valence-electron chi connectivity index (χ0n) is 7.58. The van der Waals surface area contributed by atoms with Crippen molar-refractivity contribution in [2.75, 3.05) is 26.8 Å². The number of Topliss-reactive ketones (excluding diaryl/α,β-unsaturated/α-hetero) is 1. The Labute approximate surface area is 81.7 Å². The van der Waals surface area contributed by atoms with Crippen LogP contribution in [0.4, 0.5) is 0 Å². The van der Waals surface area contributed by atoms with E-state index in [0.29, 0.717) is 19.7 Å². The Morgan fingerprint density at radius 1 is 1.69 bits per heavy atom. The molecule has 13 heavy (non-hydrogen) atoms. The molecule has 0 fully saturated rings. The molecule has 0 aliphatic rings. The number of carbonyl (C=O) groups excluding carboxylic acids is 1. The highest BCUT2D eigenvalue weighted by Gasteiger charge is 2.04. The standard InChI is InChI=1S/C9H13NO2S/c1-12-5-4-10-7-8(11)9-3-2-6-13-9/h2-3,6,10H,4-5,7H2,1H3. The zero-order valence-corrected chi connectivity index (χ0v) is 8.39. The quantitative estimate of drug-likeness (QED) is 0.552. The van der Waals surface area contributed by atoms with Crippen molar-refractivity contribution in [2.45, 2.75) is 0 Å². The summed E-state index contributed by atoms with van der Waals surface area (Å²) < 4.78 is 4.84. The molecule has 0 amide bonds. The van der Waals surface area contributed by atoms with Crippen LogP contribution < -0.4 is 5.32 Å². The van der Waals surface area contributed by atoms with Crippen LogP contribution >= 0.6 is 11.3 Å². The fourth-order valence-electron chi connectivity index (χ4n) is 0.900. The molecular formula is C9H13NO2S. The molecule has 0 saturated heterocycles. The van der Waals surface area contributed by atoms with Crippen molar-refractivity contribution >= 4 is 17.1 Å². The number of ketones is 1. The molecule has 1 aromatic rings. The topological polar surface area (TPSA) is 38.3 Å². The monoisotopic (exact) mass is 199 g/mol. The van der Waals surface area contributed by atoms with Crippen molar-refractivity contribution in [1.29, 1.82) is 0 Å². The highest BCUT2D eigenvalue weighted by atomic mass is 32.1. The maximum atomic E-state index is 11.4. The van der Waals surface area contributed by atoms with E-state index in [9.17, 15) is 4.79 Å². The molecule has 1 N–H and O–H groups in total. The number of ether oxygens (including phenoxy) is 1. The first kappa shape index (κ1) is 10.4. The van der Waals surface area contributed by atoms with Gasteiger partial charge in [0.15, 0.2) is 5.78 Å². The smallest absolute Gasteiger partial charge is 0.186 e. The van der Waals surface area contributed by atoms with Crippen molar-refractivity contribution in [2.24, 2.45) is 0 Å². The number of rotatable bonds is 6. The Bertz CT molecular complexity index is 246. The van der Waals surface area contributed by atoms with Crippen LogP contribution in [0.2, 0.25) is 0 Å². The predicted molar refractivity (Wildman–Crippen MR) is 53.4 cm³/mol. The fraction of sp³-hybridized carbons (Fsp3) is 0.444. The van der Waals surface area contributed by atoms with Crippen molar-refractivity contribution < 1.29 is 9.53 Å². The number of methoxy groups -OCH3 is 1. The Hall–Kier alpha value is -0.710. The molecule has 0 spiro atoms. The second-order valence-corrected chi connectivity index (χ2v) is 3.52. The lowest BCUT2D eigenvalue weighted by molar-refractivity contribution is 0.0991. The zero-order chi connectivity index (χ0) is 9.52. The first-order chi connectivity index (χ1) is 6.34. The van der Waals surface area contributed by atoms with Crippen LogP contribution in [-0.2, 0) is 4.74 Å². The SMILES string of the molecule is COCCNCC(=O)c1cccs1. The Morgan fingerprint density at radius 2 is 2.54 bits per heavy atom. The van der Waals surface area contributed by atoms with E-state index in [1.54, 1.807) is 7.11 Å². The van der Waals surface area contributed by atoms with E-state index in [4.69, 9.17) is 4.74 Å². The van der Waals surface area contributed by atoms with Crippen LogP contribution in [0.15, 0.2) is 17.5 Å². The number of thiophene rings is 1.